The first kappa shape index (κ1) is 19.7. The molecule has 2 heterocycles. The van der Waals surface area contributed by atoms with E-state index in [0.717, 1.165) is 16.0 Å². The van der Waals surface area contributed by atoms with Crippen LogP contribution in [0.25, 0.3) is 10.2 Å². The van der Waals surface area contributed by atoms with E-state index < -0.39 is 10.5 Å². The second kappa shape index (κ2) is 7.64. The first-order chi connectivity index (χ1) is 14.3. The standard InChI is InChI=1S/C22H16N2O5S/c1-12-13(2)30-21-19(12)22(26)29-18(23-21)10-14-6-8-15(9-7-14)20(25)16-4-3-5-17(11-16)24(27)28/h3-9,11H,10H2,1-2H3. The summed E-state index contributed by atoms with van der Waals surface area (Å²) < 4.78 is 5.38. The number of carbonyl (C=O) groups is 1. The Hall–Kier alpha value is -3.65. The highest BCUT2D eigenvalue weighted by molar-refractivity contribution is 7.18. The van der Waals surface area contributed by atoms with Crippen molar-refractivity contribution in [3.8, 4) is 0 Å². The number of hydrogen-bond donors (Lipinski definition) is 0. The average Bonchev–Trinajstić information content (AvgIpc) is 3.02. The van der Waals surface area contributed by atoms with E-state index in [1.165, 1.54) is 29.5 Å². The molecule has 0 saturated carbocycles. The number of non-ortho nitro benzene ring substituents is 1. The zero-order valence-electron chi connectivity index (χ0n) is 16.2. The lowest BCUT2D eigenvalue weighted by Crippen LogP contribution is -2.05. The fraction of sp³-hybridized carbons (Fsp3) is 0.136. The highest BCUT2D eigenvalue weighted by atomic mass is 32.1. The van der Waals surface area contributed by atoms with Gasteiger partial charge in [-0.25, -0.2) is 9.78 Å². The Morgan fingerprint density at radius 3 is 2.57 bits per heavy atom. The second-order valence-electron chi connectivity index (χ2n) is 6.87. The summed E-state index contributed by atoms with van der Waals surface area (Å²) in [6, 6.07) is 12.4. The molecule has 0 spiro atoms. The van der Waals surface area contributed by atoms with Crippen LogP contribution in [0.5, 0.6) is 0 Å². The third-order valence-electron chi connectivity index (χ3n) is 4.90. The number of carbonyl (C=O) groups excluding carboxylic acids is 1. The first-order valence-corrected chi connectivity index (χ1v) is 9.93. The number of nitro benzene ring substituents is 1. The second-order valence-corrected chi connectivity index (χ2v) is 8.07. The molecule has 0 atom stereocenters. The summed E-state index contributed by atoms with van der Waals surface area (Å²) in [6.07, 6.45) is 0.312. The minimum absolute atomic E-state index is 0.131. The summed E-state index contributed by atoms with van der Waals surface area (Å²) in [5.74, 6) is 0.00683. The predicted molar refractivity (Wildman–Crippen MR) is 113 cm³/mol. The van der Waals surface area contributed by atoms with Crippen LogP contribution in [0, 0.1) is 24.0 Å². The van der Waals surface area contributed by atoms with Gasteiger partial charge in [0.05, 0.1) is 4.92 Å². The third kappa shape index (κ3) is 3.65. The zero-order chi connectivity index (χ0) is 21.4. The summed E-state index contributed by atoms with van der Waals surface area (Å²) in [5.41, 5.74) is 1.85. The summed E-state index contributed by atoms with van der Waals surface area (Å²) in [7, 11) is 0. The van der Waals surface area contributed by atoms with E-state index in [-0.39, 0.29) is 17.0 Å². The van der Waals surface area contributed by atoms with Crippen LogP contribution in [0.15, 0.2) is 57.7 Å². The minimum atomic E-state index is -0.534. The largest absolute Gasteiger partial charge is 0.407 e. The van der Waals surface area contributed by atoms with Crippen LogP contribution < -0.4 is 5.63 Å². The van der Waals surface area contributed by atoms with Crippen LogP contribution in [0.4, 0.5) is 5.69 Å². The van der Waals surface area contributed by atoms with Crippen molar-refractivity contribution in [3.05, 3.63) is 102 Å². The van der Waals surface area contributed by atoms with Crippen molar-refractivity contribution in [2.45, 2.75) is 20.3 Å². The molecule has 0 bridgehead atoms. The van der Waals surface area contributed by atoms with Gasteiger partial charge >= 0.3 is 5.63 Å². The van der Waals surface area contributed by atoms with Gasteiger partial charge in [0.2, 0.25) is 5.89 Å². The number of benzene rings is 2. The molecule has 0 aliphatic rings. The van der Waals surface area contributed by atoms with Gasteiger partial charge in [0.25, 0.3) is 5.69 Å². The maximum Gasteiger partial charge on any atom is 0.348 e. The molecule has 0 aliphatic carbocycles. The maximum absolute atomic E-state index is 12.6. The number of fused-ring (bicyclic) bond motifs is 1. The summed E-state index contributed by atoms with van der Waals surface area (Å²) >= 11 is 1.46. The number of nitro groups is 1. The Morgan fingerprint density at radius 2 is 1.87 bits per heavy atom. The van der Waals surface area contributed by atoms with Gasteiger partial charge in [0.15, 0.2) is 5.78 Å². The van der Waals surface area contributed by atoms with Crippen LogP contribution in [0.1, 0.15) is 37.8 Å². The first-order valence-electron chi connectivity index (χ1n) is 9.11. The molecule has 0 N–H and O–H groups in total. The van der Waals surface area contributed by atoms with Gasteiger partial charge in [-0.1, -0.05) is 36.4 Å². The van der Waals surface area contributed by atoms with Crippen LogP contribution >= 0.6 is 11.3 Å². The molecule has 8 heteroatoms. The van der Waals surface area contributed by atoms with E-state index in [9.17, 15) is 19.7 Å². The van der Waals surface area contributed by atoms with E-state index in [4.69, 9.17) is 4.42 Å². The molecule has 0 saturated heterocycles. The van der Waals surface area contributed by atoms with Crippen LogP contribution in [-0.2, 0) is 6.42 Å². The lowest BCUT2D eigenvalue weighted by molar-refractivity contribution is -0.384. The van der Waals surface area contributed by atoms with Crippen molar-refractivity contribution < 1.29 is 14.1 Å². The maximum atomic E-state index is 12.6. The Bertz CT molecular complexity index is 1350. The molecule has 0 radical (unpaired) electrons. The number of nitrogens with zero attached hydrogens (tertiary/aromatic N) is 2. The lowest BCUT2D eigenvalue weighted by atomic mass is 10.0. The molecule has 4 rings (SSSR count). The molecular formula is C22H16N2O5S. The van der Waals surface area contributed by atoms with Crippen LogP contribution in [0.2, 0.25) is 0 Å². The third-order valence-corrected chi connectivity index (χ3v) is 6.00. The number of rotatable bonds is 5. The van der Waals surface area contributed by atoms with Gasteiger partial charge in [-0.3, -0.25) is 14.9 Å². The SMILES string of the molecule is Cc1sc2nc(Cc3ccc(C(=O)c4cccc([N+](=O)[O-])c4)cc3)oc(=O)c2c1C. The molecule has 0 aliphatic heterocycles. The van der Waals surface area contributed by atoms with Crippen molar-refractivity contribution in [2.75, 3.05) is 0 Å². The van der Waals surface area contributed by atoms with Gasteiger partial charge in [-0.15, -0.1) is 11.3 Å². The average molecular weight is 420 g/mol. The highest BCUT2D eigenvalue weighted by Crippen LogP contribution is 2.26. The van der Waals surface area contributed by atoms with Gasteiger partial charge in [-0.05, 0) is 25.0 Å². The molecule has 2 aromatic heterocycles. The molecule has 0 unspecified atom stereocenters. The van der Waals surface area contributed by atoms with Crippen LogP contribution in [-0.4, -0.2) is 15.7 Å². The molecular weight excluding hydrogens is 404 g/mol. The van der Waals surface area contributed by atoms with E-state index in [2.05, 4.69) is 4.98 Å². The van der Waals surface area contributed by atoms with E-state index >= 15 is 0 Å². The Labute approximate surface area is 174 Å². The van der Waals surface area contributed by atoms with Gasteiger partial charge in [-0.2, -0.15) is 0 Å². The molecule has 0 amide bonds. The smallest absolute Gasteiger partial charge is 0.348 e. The van der Waals surface area contributed by atoms with Crippen molar-refractivity contribution in [3.63, 3.8) is 0 Å². The molecule has 2 aromatic carbocycles. The van der Waals surface area contributed by atoms with E-state index in [1.807, 2.05) is 13.8 Å². The summed E-state index contributed by atoms with van der Waals surface area (Å²) in [6.45, 7) is 3.82. The van der Waals surface area contributed by atoms with Gasteiger partial charge in [0.1, 0.15) is 10.2 Å². The quantitative estimate of drug-likeness (QED) is 0.266. The summed E-state index contributed by atoms with van der Waals surface area (Å²) in [5, 5.41) is 11.4. The van der Waals surface area contributed by atoms with Gasteiger partial charge < -0.3 is 4.42 Å². The van der Waals surface area contributed by atoms with Crippen molar-refractivity contribution in [1.29, 1.82) is 0 Å². The van der Waals surface area contributed by atoms with Crippen molar-refractivity contribution >= 4 is 33.0 Å². The van der Waals surface area contributed by atoms with Crippen LogP contribution in [0.3, 0.4) is 0 Å². The van der Waals surface area contributed by atoms with Crippen molar-refractivity contribution in [2.24, 2.45) is 0 Å². The monoisotopic (exact) mass is 420 g/mol. The van der Waals surface area contributed by atoms with Gasteiger partial charge in [0, 0.05) is 34.6 Å². The van der Waals surface area contributed by atoms with Crippen molar-refractivity contribution in [1.82, 2.24) is 4.98 Å². The number of ketones is 1. The highest BCUT2D eigenvalue weighted by Gasteiger charge is 2.15. The zero-order valence-corrected chi connectivity index (χ0v) is 17.0. The molecule has 30 heavy (non-hydrogen) atoms. The van der Waals surface area contributed by atoms with E-state index in [1.54, 1.807) is 30.3 Å². The predicted octanol–water partition coefficient (Wildman–Crippen LogP) is 4.60. The number of hydrogen-bond acceptors (Lipinski definition) is 7. The lowest BCUT2D eigenvalue weighted by Gasteiger charge is -2.04. The Kier molecular flexibility index (Phi) is 5.01. The molecule has 4 aromatic rings. The Morgan fingerprint density at radius 1 is 1.13 bits per heavy atom. The molecule has 7 nitrogen and oxygen atoms in total. The topological polar surface area (TPSA) is 103 Å². The molecule has 150 valence electrons. The normalized spacial score (nSPS) is 11.0. The fourth-order valence-electron chi connectivity index (χ4n) is 3.17. The number of thiophene rings is 1. The Balaban J connectivity index is 1.58. The van der Waals surface area contributed by atoms with E-state index in [0.29, 0.717) is 28.1 Å². The number of aryl methyl sites for hydroxylation is 2. The minimum Gasteiger partial charge on any atom is -0.407 e. The fourth-order valence-corrected chi connectivity index (χ4v) is 4.20. The number of aromatic nitrogens is 1. The molecule has 0 fully saturated rings. The summed E-state index contributed by atoms with van der Waals surface area (Å²) in [4.78, 5) is 41.5.